The predicted molar refractivity (Wildman–Crippen MR) is 103 cm³/mol. The first-order valence-electron chi connectivity index (χ1n) is 7.94. The maximum atomic E-state index is 11.7. The molecule has 0 fully saturated rings. The fourth-order valence-electron chi connectivity index (χ4n) is 2.41. The molecule has 0 saturated carbocycles. The van der Waals surface area contributed by atoms with Gasteiger partial charge in [0.1, 0.15) is 12.1 Å². The summed E-state index contributed by atoms with van der Waals surface area (Å²) in [5, 5.41) is 15.0. The second-order valence-electron chi connectivity index (χ2n) is 5.36. The number of methoxy groups -OCH3 is 2. The maximum Gasteiger partial charge on any atom is 0.373 e. The van der Waals surface area contributed by atoms with Gasteiger partial charge in [0.25, 0.3) is 0 Å². The van der Waals surface area contributed by atoms with Crippen molar-refractivity contribution in [2.75, 3.05) is 19.5 Å². The molecule has 0 spiro atoms. The quantitative estimate of drug-likeness (QED) is 0.451. The third-order valence-corrected chi connectivity index (χ3v) is 3.90. The van der Waals surface area contributed by atoms with Crippen molar-refractivity contribution in [3.05, 3.63) is 63.9 Å². The van der Waals surface area contributed by atoms with Gasteiger partial charge >= 0.3 is 11.6 Å². The summed E-state index contributed by atoms with van der Waals surface area (Å²) in [4.78, 5) is 19.0. The zero-order chi connectivity index (χ0) is 20.1. The lowest BCUT2D eigenvalue weighted by molar-refractivity contribution is -0.385. The van der Waals surface area contributed by atoms with Crippen molar-refractivity contribution in [1.29, 1.82) is 0 Å². The Hall–Kier alpha value is -3.59. The highest BCUT2D eigenvalue weighted by Crippen LogP contribution is 2.39. The van der Waals surface area contributed by atoms with Crippen molar-refractivity contribution in [2.24, 2.45) is 0 Å². The average Bonchev–Trinajstić information content (AvgIpc) is 2.68. The van der Waals surface area contributed by atoms with Crippen LogP contribution in [0.4, 0.5) is 17.2 Å². The molecule has 3 rings (SSSR count). The van der Waals surface area contributed by atoms with E-state index in [0.717, 1.165) is 6.33 Å². The summed E-state index contributed by atoms with van der Waals surface area (Å²) < 4.78 is 16.1. The van der Waals surface area contributed by atoms with Gasteiger partial charge in [0, 0.05) is 5.02 Å². The smallest absolute Gasteiger partial charge is 0.373 e. The van der Waals surface area contributed by atoms with Crippen LogP contribution in [0.1, 0.15) is 0 Å². The van der Waals surface area contributed by atoms with Crippen LogP contribution >= 0.6 is 11.6 Å². The Labute approximate surface area is 165 Å². The molecular formula is C18H15ClN4O5. The van der Waals surface area contributed by atoms with Gasteiger partial charge < -0.3 is 19.5 Å². The molecule has 1 N–H and O–H groups in total. The first-order chi connectivity index (χ1) is 13.5. The Balaban J connectivity index is 2.03. The molecular weight excluding hydrogens is 388 g/mol. The number of hydrogen-bond donors (Lipinski definition) is 1. The average molecular weight is 403 g/mol. The lowest BCUT2D eigenvalue weighted by Gasteiger charge is -2.13. The molecule has 9 nitrogen and oxygen atoms in total. The molecule has 0 radical (unpaired) electrons. The van der Waals surface area contributed by atoms with Crippen LogP contribution in [-0.4, -0.2) is 29.1 Å². The number of benzene rings is 2. The molecule has 2 aromatic carbocycles. The van der Waals surface area contributed by atoms with Gasteiger partial charge in [-0.25, -0.2) is 4.98 Å². The van der Waals surface area contributed by atoms with Crippen LogP contribution in [0.5, 0.6) is 23.1 Å². The van der Waals surface area contributed by atoms with Crippen LogP contribution in [0.3, 0.4) is 0 Å². The molecule has 1 heterocycles. The SMILES string of the molecule is COc1ccc(Cl)cc1Nc1ncnc(Oc2ccccc2OC)c1[N+](=O)[O-]. The van der Waals surface area contributed by atoms with E-state index in [1.165, 1.54) is 14.2 Å². The van der Waals surface area contributed by atoms with Crippen molar-refractivity contribution < 1.29 is 19.1 Å². The molecule has 10 heteroatoms. The minimum Gasteiger partial charge on any atom is -0.495 e. The highest BCUT2D eigenvalue weighted by atomic mass is 35.5. The summed E-state index contributed by atoms with van der Waals surface area (Å²) >= 11 is 6.01. The number of anilines is 2. The molecule has 28 heavy (non-hydrogen) atoms. The van der Waals surface area contributed by atoms with Gasteiger partial charge in [-0.1, -0.05) is 23.7 Å². The molecule has 0 bridgehead atoms. The monoisotopic (exact) mass is 402 g/mol. The fourth-order valence-corrected chi connectivity index (χ4v) is 2.58. The highest BCUT2D eigenvalue weighted by Gasteiger charge is 2.26. The Bertz CT molecular complexity index is 1020. The minimum atomic E-state index is -0.635. The van der Waals surface area contributed by atoms with Gasteiger partial charge in [-0.15, -0.1) is 0 Å². The summed E-state index contributed by atoms with van der Waals surface area (Å²) in [6.07, 6.45) is 1.15. The van der Waals surface area contributed by atoms with Gasteiger partial charge in [0.2, 0.25) is 5.82 Å². The maximum absolute atomic E-state index is 11.7. The summed E-state index contributed by atoms with van der Waals surface area (Å²) in [6, 6.07) is 11.6. The van der Waals surface area contributed by atoms with Crippen LogP contribution in [0.2, 0.25) is 5.02 Å². The number of nitro groups is 1. The van der Waals surface area contributed by atoms with Crippen LogP contribution < -0.4 is 19.5 Å². The largest absolute Gasteiger partial charge is 0.495 e. The van der Waals surface area contributed by atoms with Crippen molar-refractivity contribution in [1.82, 2.24) is 9.97 Å². The van der Waals surface area contributed by atoms with Gasteiger partial charge in [-0.2, -0.15) is 4.98 Å². The normalized spacial score (nSPS) is 10.2. The van der Waals surface area contributed by atoms with Crippen molar-refractivity contribution in [3.8, 4) is 23.1 Å². The summed E-state index contributed by atoms with van der Waals surface area (Å²) in [6.45, 7) is 0. The van der Waals surface area contributed by atoms with E-state index in [4.69, 9.17) is 25.8 Å². The van der Waals surface area contributed by atoms with Gasteiger partial charge in [0.15, 0.2) is 11.5 Å². The van der Waals surface area contributed by atoms with Crippen LogP contribution in [-0.2, 0) is 0 Å². The Kier molecular flexibility index (Phi) is 5.75. The number of rotatable bonds is 7. The number of aromatic nitrogens is 2. The first-order valence-corrected chi connectivity index (χ1v) is 8.32. The van der Waals surface area contributed by atoms with Crippen LogP contribution in [0.15, 0.2) is 48.8 Å². The molecule has 0 aliphatic carbocycles. The molecule has 0 saturated heterocycles. The Morgan fingerprint density at radius 2 is 1.75 bits per heavy atom. The van der Waals surface area contributed by atoms with Gasteiger partial charge in [-0.3, -0.25) is 10.1 Å². The molecule has 1 aromatic heterocycles. The highest BCUT2D eigenvalue weighted by molar-refractivity contribution is 6.31. The van der Waals surface area contributed by atoms with E-state index in [9.17, 15) is 10.1 Å². The molecule has 0 amide bonds. The fraction of sp³-hybridized carbons (Fsp3) is 0.111. The van der Waals surface area contributed by atoms with E-state index in [2.05, 4.69) is 15.3 Å². The third kappa shape index (κ3) is 4.04. The van der Waals surface area contributed by atoms with Crippen molar-refractivity contribution in [3.63, 3.8) is 0 Å². The molecule has 144 valence electrons. The molecule has 0 aliphatic heterocycles. The van der Waals surface area contributed by atoms with Crippen molar-refractivity contribution in [2.45, 2.75) is 0 Å². The lowest BCUT2D eigenvalue weighted by Crippen LogP contribution is -2.04. The number of nitrogens with one attached hydrogen (secondary N) is 1. The van der Waals surface area contributed by atoms with E-state index in [0.29, 0.717) is 22.2 Å². The number of nitrogens with zero attached hydrogens (tertiary/aromatic N) is 3. The minimum absolute atomic E-state index is 0.0783. The first kappa shape index (κ1) is 19.2. The zero-order valence-electron chi connectivity index (χ0n) is 14.9. The van der Waals surface area contributed by atoms with E-state index in [1.54, 1.807) is 42.5 Å². The lowest BCUT2D eigenvalue weighted by atomic mass is 10.3. The summed E-state index contributed by atoms with van der Waals surface area (Å²) in [7, 11) is 2.94. The summed E-state index contributed by atoms with van der Waals surface area (Å²) in [5.74, 6) is 0.794. The van der Waals surface area contributed by atoms with Gasteiger partial charge in [-0.05, 0) is 30.3 Å². The second-order valence-corrected chi connectivity index (χ2v) is 5.79. The van der Waals surface area contributed by atoms with E-state index >= 15 is 0 Å². The van der Waals surface area contributed by atoms with E-state index < -0.39 is 10.6 Å². The Morgan fingerprint density at radius 3 is 2.43 bits per heavy atom. The van der Waals surface area contributed by atoms with Crippen LogP contribution in [0, 0.1) is 10.1 Å². The molecule has 0 atom stereocenters. The van der Waals surface area contributed by atoms with Gasteiger partial charge in [0.05, 0.1) is 24.8 Å². The van der Waals surface area contributed by atoms with E-state index in [-0.39, 0.29) is 17.4 Å². The molecule has 0 aliphatic rings. The van der Waals surface area contributed by atoms with Crippen molar-refractivity contribution >= 4 is 28.8 Å². The predicted octanol–water partition coefficient (Wildman–Crippen LogP) is 4.59. The molecule has 3 aromatic rings. The zero-order valence-corrected chi connectivity index (χ0v) is 15.6. The molecule has 0 unspecified atom stereocenters. The number of halogens is 1. The Morgan fingerprint density at radius 1 is 1.04 bits per heavy atom. The third-order valence-electron chi connectivity index (χ3n) is 3.66. The van der Waals surface area contributed by atoms with Crippen LogP contribution in [0.25, 0.3) is 0 Å². The number of hydrogen-bond acceptors (Lipinski definition) is 8. The topological polar surface area (TPSA) is 109 Å². The number of para-hydroxylation sites is 2. The summed E-state index contributed by atoms with van der Waals surface area (Å²) in [5.41, 5.74) is -0.0459. The second kappa shape index (κ2) is 8.40. The number of ether oxygens (including phenoxy) is 3. The standard InChI is InChI=1S/C18H15ClN4O5/c1-26-13-8-7-11(19)9-12(13)22-17-16(23(24)25)18(21-10-20-17)28-15-6-4-3-5-14(15)27-2/h3-10H,1-2H3,(H,20,21,22). The van der Waals surface area contributed by atoms with E-state index in [1.807, 2.05) is 0 Å².